The second kappa shape index (κ2) is 10.1. The molecule has 2 aliphatic rings. The number of aromatic nitrogens is 2. The molecule has 6 nitrogen and oxygen atoms in total. The minimum Gasteiger partial charge on any atom is -0.340 e. The average molecular weight is 408 g/mol. The summed E-state index contributed by atoms with van der Waals surface area (Å²) in [7, 11) is 1.91. The molecule has 2 aromatic heterocycles. The summed E-state index contributed by atoms with van der Waals surface area (Å²) in [5, 5.41) is 0. The molecule has 0 bridgehead atoms. The standard InChI is InChI=1S/C24H33N5O/c1-27(19-22-8-2-3-12-26-22)24(30)21-7-5-13-29(18-21)23-9-14-28(15-10-23)17-20-6-4-11-25-16-20/h2-4,6,8,11-12,16,21,23H,5,7,9-10,13-15,17-19H2,1H3. The van der Waals surface area contributed by atoms with Crippen LogP contribution >= 0.6 is 0 Å². The molecule has 0 aromatic carbocycles. The van der Waals surface area contributed by atoms with Gasteiger partial charge in [0.05, 0.1) is 18.2 Å². The fraction of sp³-hybridized carbons (Fsp3) is 0.542. The number of carbonyl (C=O) groups is 1. The van der Waals surface area contributed by atoms with Gasteiger partial charge in [-0.3, -0.25) is 24.6 Å². The molecule has 2 saturated heterocycles. The van der Waals surface area contributed by atoms with Crippen LogP contribution in [-0.2, 0) is 17.9 Å². The summed E-state index contributed by atoms with van der Waals surface area (Å²) in [6, 6.07) is 10.6. The highest BCUT2D eigenvalue weighted by Gasteiger charge is 2.32. The smallest absolute Gasteiger partial charge is 0.227 e. The quantitative estimate of drug-likeness (QED) is 0.737. The van der Waals surface area contributed by atoms with Crippen LogP contribution in [0.15, 0.2) is 48.9 Å². The Balaban J connectivity index is 1.26. The van der Waals surface area contributed by atoms with Crippen molar-refractivity contribution in [3.05, 3.63) is 60.2 Å². The maximum absolute atomic E-state index is 13.0. The van der Waals surface area contributed by atoms with E-state index in [2.05, 4.69) is 25.8 Å². The van der Waals surface area contributed by atoms with Crippen molar-refractivity contribution in [3.63, 3.8) is 0 Å². The van der Waals surface area contributed by atoms with Crippen LogP contribution in [0.5, 0.6) is 0 Å². The van der Waals surface area contributed by atoms with E-state index in [0.717, 1.165) is 51.3 Å². The van der Waals surface area contributed by atoms with Crippen molar-refractivity contribution in [1.82, 2.24) is 24.7 Å². The van der Waals surface area contributed by atoms with Gasteiger partial charge in [-0.2, -0.15) is 0 Å². The van der Waals surface area contributed by atoms with E-state index in [1.807, 2.05) is 48.6 Å². The summed E-state index contributed by atoms with van der Waals surface area (Å²) >= 11 is 0. The maximum atomic E-state index is 13.0. The highest BCUT2D eigenvalue weighted by Crippen LogP contribution is 2.25. The van der Waals surface area contributed by atoms with Crippen molar-refractivity contribution in [2.45, 2.75) is 44.8 Å². The lowest BCUT2D eigenvalue weighted by atomic mass is 9.92. The predicted octanol–water partition coefficient (Wildman–Crippen LogP) is 2.81. The fourth-order valence-corrected chi connectivity index (χ4v) is 4.86. The van der Waals surface area contributed by atoms with Gasteiger partial charge in [-0.05, 0) is 69.1 Å². The average Bonchev–Trinajstić information content (AvgIpc) is 2.80. The molecule has 6 heteroatoms. The molecular formula is C24H33N5O. The maximum Gasteiger partial charge on any atom is 0.227 e. The molecule has 0 saturated carbocycles. The molecule has 1 amide bonds. The van der Waals surface area contributed by atoms with Crippen LogP contribution in [0.3, 0.4) is 0 Å². The summed E-state index contributed by atoms with van der Waals surface area (Å²) < 4.78 is 0. The second-order valence-corrected chi connectivity index (χ2v) is 8.72. The normalized spacial score (nSPS) is 21.4. The van der Waals surface area contributed by atoms with E-state index in [0.29, 0.717) is 12.6 Å². The van der Waals surface area contributed by atoms with E-state index < -0.39 is 0 Å². The molecule has 4 rings (SSSR count). The molecule has 2 aromatic rings. The molecule has 0 N–H and O–H groups in total. The molecule has 0 spiro atoms. The zero-order valence-corrected chi connectivity index (χ0v) is 18.0. The number of nitrogens with zero attached hydrogens (tertiary/aromatic N) is 5. The Morgan fingerprint density at radius 2 is 1.97 bits per heavy atom. The number of hydrogen-bond acceptors (Lipinski definition) is 5. The van der Waals surface area contributed by atoms with Crippen LogP contribution in [0, 0.1) is 5.92 Å². The summed E-state index contributed by atoms with van der Waals surface area (Å²) in [6.45, 7) is 5.84. The fourth-order valence-electron chi connectivity index (χ4n) is 4.86. The highest BCUT2D eigenvalue weighted by molar-refractivity contribution is 5.78. The van der Waals surface area contributed by atoms with E-state index in [1.54, 1.807) is 6.20 Å². The van der Waals surface area contributed by atoms with E-state index in [4.69, 9.17) is 0 Å². The summed E-state index contributed by atoms with van der Waals surface area (Å²) in [4.78, 5) is 28.6. The molecule has 4 heterocycles. The Hall–Kier alpha value is -2.31. The Kier molecular flexibility index (Phi) is 7.07. The van der Waals surface area contributed by atoms with Gasteiger partial charge >= 0.3 is 0 Å². The molecule has 0 radical (unpaired) electrons. The van der Waals surface area contributed by atoms with Crippen molar-refractivity contribution in [3.8, 4) is 0 Å². The molecule has 2 fully saturated rings. The Morgan fingerprint density at radius 3 is 2.70 bits per heavy atom. The topological polar surface area (TPSA) is 52.6 Å². The lowest BCUT2D eigenvalue weighted by Crippen LogP contribution is -2.50. The SMILES string of the molecule is CN(Cc1ccccn1)C(=O)C1CCCN(C2CCN(Cc3cccnc3)CC2)C1. The van der Waals surface area contributed by atoms with Gasteiger partial charge in [0.15, 0.2) is 0 Å². The van der Waals surface area contributed by atoms with Gasteiger partial charge in [0, 0.05) is 44.8 Å². The first-order valence-electron chi connectivity index (χ1n) is 11.2. The first-order chi connectivity index (χ1) is 14.7. The van der Waals surface area contributed by atoms with Gasteiger partial charge < -0.3 is 4.90 Å². The molecule has 1 unspecified atom stereocenters. The monoisotopic (exact) mass is 407 g/mol. The lowest BCUT2D eigenvalue weighted by Gasteiger charge is -2.42. The first-order valence-corrected chi connectivity index (χ1v) is 11.2. The van der Waals surface area contributed by atoms with E-state index in [-0.39, 0.29) is 11.8 Å². The zero-order valence-electron chi connectivity index (χ0n) is 18.0. The number of amides is 1. The van der Waals surface area contributed by atoms with Gasteiger partial charge in [0.2, 0.25) is 5.91 Å². The van der Waals surface area contributed by atoms with Crippen LogP contribution < -0.4 is 0 Å². The first kappa shape index (κ1) is 20.9. The van der Waals surface area contributed by atoms with Crippen LogP contribution in [0.1, 0.15) is 36.9 Å². The molecule has 1 atom stereocenters. The van der Waals surface area contributed by atoms with Crippen LogP contribution in [-0.4, -0.2) is 69.8 Å². The molecular weight excluding hydrogens is 374 g/mol. The third-order valence-corrected chi connectivity index (χ3v) is 6.51. The van der Waals surface area contributed by atoms with Crippen LogP contribution in [0.2, 0.25) is 0 Å². The van der Waals surface area contributed by atoms with Crippen LogP contribution in [0.25, 0.3) is 0 Å². The Labute approximate surface area is 179 Å². The number of pyridine rings is 2. The van der Waals surface area contributed by atoms with E-state index in [9.17, 15) is 4.79 Å². The summed E-state index contributed by atoms with van der Waals surface area (Å²) in [5.41, 5.74) is 2.23. The third-order valence-electron chi connectivity index (χ3n) is 6.51. The second-order valence-electron chi connectivity index (χ2n) is 8.72. The lowest BCUT2D eigenvalue weighted by molar-refractivity contribution is -0.137. The Morgan fingerprint density at radius 1 is 1.10 bits per heavy atom. The third kappa shape index (κ3) is 5.43. The minimum atomic E-state index is 0.112. The van der Waals surface area contributed by atoms with Crippen molar-refractivity contribution in [2.75, 3.05) is 33.2 Å². The molecule has 2 aliphatic heterocycles. The number of likely N-dealkylation sites (tertiary alicyclic amines) is 2. The predicted molar refractivity (Wildman–Crippen MR) is 118 cm³/mol. The molecule has 0 aliphatic carbocycles. The Bertz CT molecular complexity index is 792. The number of hydrogen-bond donors (Lipinski definition) is 0. The van der Waals surface area contributed by atoms with Crippen molar-refractivity contribution >= 4 is 5.91 Å². The van der Waals surface area contributed by atoms with Gasteiger partial charge in [0.1, 0.15) is 0 Å². The molecule has 160 valence electrons. The number of piperidine rings is 2. The van der Waals surface area contributed by atoms with Gasteiger partial charge in [-0.1, -0.05) is 12.1 Å². The zero-order chi connectivity index (χ0) is 20.8. The summed E-state index contributed by atoms with van der Waals surface area (Å²) in [5.74, 6) is 0.375. The van der Waals surface area contributed by atoms with Gasteiger partial charge in [-0.15, -0.1) is 0 Å². The molecule has 30 heavy (non-hydrogen) atoms. The van der Waals surface area contributed by atoms with E-state index in [1.165, 1.54) is 18.4 Å². The van der Waals surface area contributed by atoms with Gasteiger partial charge in [0.25, 0.3) is 0 Å². The summed E-state index contributed by atoms with van der Waals surface area (Å²) in [6.07, 6.45) is 10.1. The largest absolute Gasteiger partial charge is 0.340 e. The number of rotatable bonds is 6. The van der Waals surface area contributed by atoms with Crippen LogP contribution in [0.4, 0.5) is 0 Å². The van der Waals surface area contributed by atoms with Gasteiger partial charge in [-0.25, -0.2) is 0 Å². The van der Waals surface area contributed by atoms with E-state index >= 15 is 0 Å². The van der Waals surface area contributed by atoms with Crippen molar-refractivity contribution < 1.29 is 4.79 Å². The van der Waals surface area contributed by atoms with Crippen molar-refractivity contribution in [1.29, 1.82) is 0 Å². The van der Waals surface area contributed by atoms with Crippen molar-refractivity contribution in [2.24, 2.45) is 5.92 Å². The minimum absolute atomic E-state index is 0.112. The number of carbonyl (C=O) groups excluding carboxylic acids is 1. The highest BCUT2D eigenvalue weighted by atomic mass is 16.2.